The quantitative estimate of drug-likeness (QED) is 0.803. The average molecular weight is 270 g/mol. The maximum absolute atomic E-state index is 12.4. The first-order chi connectivity index (χ1) is 8.96. The zero-order chi connectivity index (χ0) is 14.5. The highest BCUT2D eigenvalue weighted by Gasteiger charge is 2.36. The molecule has 1 N–H and O–H groups in total. The Bertz CT molecular complexity index is 292. The molecule has 0 bridgehead atoms. The predicted molar refractivity (Wildman–Crippen MR) is 78.1 cm³/mol. The van der Waals surface area contributed by atoms with Gasteiger partial charge in [0.25, 0.3) is 5.91 Å². The number of carbonyl (C=O) groups excluding carboxylic acids is 1. The smallest absolute Gasteiger partial charge is 0.254 e. The summed E-state index contributed by atoms with van der Waals surface area (Å²) >= 11 is 0. The number of hydrogen-bond acceptors (Lipinski definition) is 3. The fourth-order valence-electron chi connectivity index (χ4n) is 2.70. The summed E-state index contributed by atoms with van der Waals surface area (Å²) in [6.45, 7) is 10.8. The largest absolute Gasteiger partial charge is 0.369 e. The zero-order valence-electron chi connectivity index (χ0n) is 13.2. The standard InChI is InChI=1S/C15H30N2O2/c1-6-9-16-13-8-10-17(11-12(13)7-2)14(18)15(3,4)19-5/h12-13,16H,6-11H2,1-5H3. The van der Waals surface area contributed by atoms with Crippen LogP contribution in [0.1, 0.15) is 47.0 Å². The highest BCUT2D eigenvalue weighted by Crippen LogP contribution is 2.23. The van der Waals surface area contributed by atoms with Crippen LogP contribution in [0.4, 0.5) is 0 Å². The number of amides is 1. The summed E-state index contributed by atoms with van der Waals surface area (Å²) in [6, 6.07) is 0.555. The lowest BCUT2D eigenvalue weighted by atomic mass is 9.89. The number of likely N-dealkylation sites (tertiary alicyclic amines) is 1. The molecule has 0 spiro atoms. The fraction of sp³-hybridized carbons (Fsp3) is 0.933. The number of hydrogen-bond donors (Lipinski definition) is 1. The summed E-state index contributed by atoms with van der Waals surface area (Å²) in [5, 5.41) is 3.62. The van der Waals surface area contributed by atoms with Crippen LogP contribution in [0.2, 0.25) is 0 Å². The molecule has 1 rings (SSSR count). The topological polar surface area (TPSA) is 41.6 Å². The molecule has 0 aromatic carbocycles. The van der Waals surface area contributed by atoms with Gasteiger partial charge in [-0.15, -0.1) is 0 Å². The van der Waals surface area contributed by atoms with Crippen LogP contribution in [0, 0.1) is 5.92 Å². The third kappa shape index (κ3) is 4.18. The van der Waals surface area contributed by atoms with E-state index in [1.54, 1.807) is 7.11 Å². The molecule has 0 radical (unpaired) electrons. The third-order valence-electron chi connectivity index (χ3n) is 4.23. The van der Waals surface area contributed by atoms with Gasteiger partial charge in [-0.1, -0.05) is 20.3 Å². The number of piperidine rings is 1. The summed E-state index contributed by atoms with van der Waals surface area (Å²) in [7, 11) is 1.60. The van der Waals surface area contributed by atoms with E-state index in [1.165, 1.54) is 0 Å². The molecule has 0 aliphatic carbocycles. The molecule has 1 aliphatic rings. The number of carbonyl (C=O) groups is 1. The summed E-state index contributed by atoms with van der Waals surface area (Å²) in [5.41, 5.74) is -0.706. The number of methoxy groups -OCH3 is 1. The molecule has 1 aliphatic heterocycles. The molecule has 1 amide bonds. The summed E-state index contributed by atoms with van der Waals surface area (Å²) < 4.78 is 5.31. The molecule has 4 heteroatoms. The second kappa shape index (κ2) is 7.25. The molecular formula is C15H30N2O2. The van der Waals surface area contributed by atoms with Gasteiger partial charge in [0.05, 0.1) is 0 Å². The van der Waals surface area contributed by atoms with Crippen LogP contribution in [-0.4, -0.2) is 49.2 Å². The molecule has 0 aromatic rings. The molecule has 4 nitrogen and oxygen atoms in total. The van der Waals surface area contributed by atoms with Crippen LogP contribution in [0.25, 0.3) is 0 Å². The molecule has 2 atom stereocenters. The Morgan fingerprint density at radius 2 is 2.11 bits per heavy atom. The maximum Gasteiger partial charge on any atom is 0.254 e. The lowest BCUT2D eigenvalue weighted by Crippen LogP contribution is -2.55. The SMILES string of the molecule is CCCNC1CCN(C(=O)C(C)(C)OC)CC1CC. The van der Waals surface area contributed by atoms with Crippen LogP contribution in [0.5, 0.6) is 0 Å². The van der Waals surface area contributed by atoms with Crippen LogP contribution >= 0.6 is 0 Å². The van der Waals surface area contributed by atoms with Crippen LogP contribution in [0.3, 0.4) is 0 Å². The maximum atomic E-state index is 12.4. The Labute approximate surface area is 117 Å². The Morgan fingerprint density at radius 1 is 1.42 bits per heavy atom. The number of nitrogens with one attached hydrogen (secondary N) is 1. The summed E-state index contributed by atoms with van der Waals surface area (Å²) in [6.07, 6.45) is 3.31. The van der Waals surface area contributed by atoms with E-state index in [2.05, 4.69) is 19.2 Å². The first-order valence-corrected chi connectivity index (χ1v) is 7.54. The van der Waals surface area contributed by atoms with Crippen molar-refractivity contribution in [3.05, 3.63) is 0 Å². The Morgan fingerprint density at radius 3 is 2.63 bits per heavy atom. The number of ether oxygens (including phenoxy) is 1. The monoisotopic (exact) mass is 270 g/mol. The van der Waals surface area contributed by atoms with E-state index >= 15 is 0 Å². The Balaban J connectivity index is 2.61. The molecule has 1 fully saturated rings. The minimum Gasteiger partial charge on any atom is -0.369 e. The Hall–Kier alpha value is -0.610. The molecule has 112 valence electrons. The van der Waals surface area contributed by atoms with Crippen molar-refractivity contribution < 1.29 is 9.53 Å². The van der Waals surface area contributed by atoms with Crippen molar-refractivity contribution in [3.8, 4) is 0 Å². The molecule has 1 heterocycles. The molecule has 19 heavy (non-hydrogen) atoms. The van der Waals surface area contributed by atoms with Gasteiger partial charge in [0.15, 0.2) is 0 Å². The van der Waals surface area contributed by atoms with Gasteiger partial charge in [0.1, 0.15) is 5.60 Å². The lowest BCUT2D eigenvalue weighted by Gasteiger charge is -2.41. The normalized spacial score (nSPS) is 24.6. The Kier molecular flexibility index (Phi) is 6.27. The van der Waals surface area contributed by atoms with Crippen molar-refractivity contribution in [1.29, 1.82) is 0 Å². The summed E-state index contributed by atoms with van der Waals surface area (Å²) in [4.78, 5) is 14.4. The molecular weight excluding hydrogens is 240 g/mol. The van der Waals surface area contributed by atoms with Gasteiger partial charge in [0, 0.05) is 26.2 Å². The van der Waals surface area contributed by atoms with Crippen molar-refractivity contribution in [2.75, 3.05) is 26.7 Å². The predicted octanol–water partition coefficient (Wildman–Crippen LogP) is 2.04. The van der Waals surface area contributed by atoms with E-state index in [1.807, 2.05) is 18.7 Å². The van der Waals surface area contributed by atoms with Gasteiger partial charge in [-0.05, 0) is 39.2 Å². The first kappa shape index (κ1) is 16.4. The summed E-state index contributed by atoms with van der Waals surface area (Å²) in [5.74, 6) is 0.666. The van der Waals surface area contributed by atoms with E-state index in [9.17, 15) is 4.79 Å². The first-order valence-electron chi connectivity index (χ1n) is 7.54. The van der Waals surface area contributed by atoms with Crippen molar-refractivity contribution in [2.45, 2.75) is 58.6 Å². The van der Waals surface area contributed by atoms with Gasteiger partial charge in [-0.25, -0.2) is 0 Å². The van der Waals surface area contributed by atoms with E-state index in [-0.39, 0.29) is 5.91 Å². The molecule has 1 saturated heterocycles. The van der Waals surface area contributed by atoms with Gasteiger partial charge < -0.3 is 15.0 Å². The van der Waals surface area contributed by atoms with Crippen molar-refractivity contribution in [1.82, 2.24) is 10.2 Å². The van der Waals surface area contributed by atoms with Crippen molar-refractivity contribution >= 4 is 5.91 Å². The second-order valence-corrected chi connectivity index (χ2v) is 5.98. The number of rotatable bonds is 6. The number of nitrogens with zero attached hydrogens (tertiary/aromatic N) is 1. The van der Waals surface area contributed by atoms with Crippen LogP contribution < -0.4 is 5.32 Å². The molecule has 0 saturated carbocycles. The van der Waals surface area contributed by atoms with E-state index in [0.29, 0.717) is 12.0 Å². The van der Waals surface area contributed by atoms with Gasteiger partial charge in [-0.3, -0.25) is 4.79 Å². The van der Waals surface area contributed by atoms with Crippen LogP contribution in [0.15, 0.2) is 0 Å². The minimum atomic E-state index is -0.706. The third-order valence-corrected chi connectivity index (χ3v) is 4.23. The molecule has 0 aromatic heterocycles. The van der Waals surface area contributed by atoms with Gasteiger partial charge in [-0.2, -0.15) is 0 Å². The van der Waals surface area contributed by atoms with E-state index in [0.717, 1.165) is 38.9 Å². The zero-order valence-corrected chi connectivity index (χ0v) is 13.2. The molecule has 2 unspecified atom stereocenters. The van der Waals surface area contributed by atoms with Crippen molar-refractivity contribution in [3.63, 3.8) is 0 Å². The highest BCUT2D eigenvalue weighted by molar-refractivity contribution is 5.84. The van der Waals surface area contributed by atoms with E-state index < -0.39 is 5.60 Å². The van der Waals surface area contributed by atoms with Crippen LogP contribution in [-0.2, 0) is 9.53 Å². The lowest BCUT2D eigenvalue weighted by molar-refractivity contribution is -0.153. The highest BCUT2D eigenvalue weighted by atomic mass is 16.5. The van der Waals surface area contributed by atoms with E-state index in [4.69, 9.17) is 4.74 Å². The van der Waals surface area contributed by atoms with Crippen molar-refractivity contribution in [2.24, 2.45) is 5.92 Å². The average Bonchev–Trinajstić information content (AvgIpc) is 2.43. The second-order valence-electron chi connectivity index (χ2n) is 5.98. The van der Waals surface area contributed by atoms with Gasteiger partial charge in [0.2, 0.25) is 0 Å². The fourth-order valence-corrected chi connectivity index (χ4v) is 2.70. The minimum absolute atomic E-state index is 0.113. The van der Waals surface area contributed by atoms with Gasteiger partial charge >= 0.3 is 0 Å².